The van der Waals surface area contributed by atoms with Gasteiger partial charge >= 0.3 is 0 Å². The van der Waals surface area contributed by atoms with Crippen LogP contribution in [0.3, 0.4) is 0 Å². The van der Waals surface area contributed by atoms with Crippen LogP contribution in [-0.2, 0) is 0 Å². The number of hydrogen-bond acceptors (Lipinski definition) is 1. The summed E-state index contributed by atoms with van der Waals surface area (Å²) in [5.74, 6) is 1.62. The highest BCUT2D eigenvalue weighted by molar-refractivity contribution is 6.30. The fourth-order valence-corrected chi connectivity index (χ4v) is 2.57. The molecular formula is C14H20ClN. The van der Waals surface area contributed by atoms with Crippen LogP contribution >= 0.6 is 11.6 Å². The van der Waals surface area contributed by atoms with Crippen molar-refractivity contribution in [3.8, 4) is 0 Å². The van der Waals surface area contributed by atoms with Gasteiger partial charge in [-0.3, -0.25) is 0 Å². The van der Waals surface area contributed by atoms with E-state index in [1.165, 1.54) is 31.6 Å². The third kappa shape index (κ3) is 2.70. The standard InChI is InChI=1S/C14H20ClN/c1-11(2)12-4-3-9-16(10-12)14-7-5-13(15)6-8-14/h5-8,11-12H,3-4,9-10H2,1-2H3. The monoisotopic (exact) mass is 237 g/mol. The topological polar surface area (TPSA) is 3.24 Å². The normalized spacial score (nSPS) is 21.5. The molecule has 1 atom stereocenters. The van der Waals surface area contributed by atoms with Crippen molar-refractivity contribution >= 4 is 17.3 Å². The first-order valence-corrected chi connectivity index (χ1v) is 6.55. The molecule has 0 N–H and O–H groups in total. The Morgan fingerprint density at radius 1 is 1.25 bits per heavy atom. The van der Waals surface area contributed by atoms with Crippen LogP contribution in [0.1, 0.15) is 26.7 Å². The quantitative estimate of drug-likeness (QED) is 0.745. The van der Waals surface area contributed by atoms with Crippen molar-refractivity contribution in [3.05, 3.63) is 29.3 Å². The fraction of sp³-hybridized carbons (Fsp3) is 0.571. The lowest BCUT2D eigenvalue weighted by Gasteiger charge is -2.36. The lowest BCUT2D eigenvalue weighted by Crippen LogP contribution is -2.37. The van der Waals surface area contributed by atoms with Crippen LogP contribution in [0.5, 0.6) is 0 Å². The van der Waals surface area contributed by atoms with E-state index in [1.807, 2.05) is 12.1 Å². The van der Waals surface area contributed by atoms with Gasteiger partial charge in [0, 0.05) is 23.8 Å². The van der Waals surface area contributed by atoms with Crippen molar-refractivity contribution in [1.29, 1.82) is 0 Å². The molecule has 1 unspecified atom stereocenters. The largest absolute Gasteiger partial charge is 0.371 e. The molecule has 1 heterocycles. The first-order valence-electron chi connectivity index (χ1n) is 6.17. The van der Waals surface area contributed by atoms with Gasteiger partial charge in [-0.05, 0) is 48.9 Å². The fourth-order valence-electron chi connectivity index (χ4n) is 2.44. The summed E-state index contributed by atoms with van der Waals surface area (Å²) in [5, 5.41) is 0.821. The minimum Gasteiger partial charge on any atom is -0.371 e. The third-order valence-corrected chi connectivity index (χ3v) is 3.84. The zero-order chi connectivity index (χ0) is 11.5. The molecule has 1 aliphatic rings. The van der Waals surface area contributed by atoms with E-state index < -0.39 is 0 Å². The van der Waals surface area contributed by atoms with Gasteiger partial charge in [0.2, 0.25) is 0 Å². The maximum absolute atomic E-state index is 5.91. The summed E-state index contributed by atoms with van der Waals surface area (Å²) in [7, 11) is 0. The van der Waals surface area contributed by atoms with E-state index in [0.717, 1.165) is 16.9 Å². The van der Waals surface area contributed by atoms with Gasteiger partial charge in [-0.1, -0.05) is 25.4 Å². The van der Waals surface area contributed by atoms with Crippen LogP contribution in [0.25, 0.3) is 0 Å². The Morgan fingerprint density at radius 2 is 1.94 bits per heavy atom. The number of rotatable bonds is 2. The van der Waals surface area contributed by atoms with Gasteiger partial charge in [-0.25, -0.2) is 0 Å². The molecule has 88 valence electrons. The second-order valence-corrected chi connectivity index (χ2v) is 5.51. The molecule has 0 spiro atoms. The second-order valence-electron chi connectivity index (χ2n) is 5.07. The zero-order valence-corrected chi connectivity index (χ0v) is 10.9. The average molecular weight is 238 g/mol. The van der Waals surface area contributed by atoms with Gasteiger partial charge in [-0.15, -0.1) is 0 Å². The SMILES string of the molecule is CC(C)C1CCCN(c2ccc(Cl)cc2)C1. The second kappa shape index (κ2) is 5.09. The lowest BCUT2D eigenvalue weighted by molar-refractivity contribution is 0.322. The number of nitrogens with zero attached hydrogens (tertiary/aromatic N) is 1. The highest BCUT2D eigenvalue weighted by Crippen LogP contribution is 2.28. The molecule has 1 fully saturated rings. The summed E-state index contributed by atoms with van der Waals surface area (Å²) in [4.78, 5) is 2.49. The molecule has 1 aromatic carbocycles. The minimum absolute atomic E-state index is 0.787. The summed E-state index contributed by atoms with van der Waals surface area (Å²) in [6.45, 7) is 7.04. The van der Waals surface area contributed by atoms with Crippen molar-refractivity contribution in [1.82, 2.24) is 0 Å². The van der Waals surface area contributed by atoms with Crippen molar-refractivity contribution in [2.75, 3.05) is 18.0 Å². The zero-order valence-electron chi connectivity index (χ0n) is 10.1. The molecule has 2 rings (SSSR count). The molecule has 16 heavy (non-hydrogen) atoms. The van der Waals surface area contributed by atoms with Crippen molar-refractivity contribution < 1.29 is 0 Å². The number of piperidine rings is 1. The van der Waals surface area contributed by atoms with Gasteiger partial charge in [0.1, 0.15) is 0 Å². The Labute approximate surface area is 103 Å². The Morgan fingerprint density at radius 3 is 2.56 bits per heavy atom. The van der Waals surface area contributed by atoms with Gasteiger partial charge in [0.25, 0.3) is 0 Å². The molecule has 2 heteroatoms. The molecule has 0 bridgehead atoms. The number of anilines is 1. The Balaban J connectivity index is 2.06. The van der Waals surface area contributed by atoms with E-state index in [2.05, 4.69) is 30.9 Å². The van der Waals surface area contributed by atoms with Crippen molar-refractivity contribution in [3.63, 3.8) is 0 Å². The molecule has 0 amide bonds. The highest BCUT2D eigenvalue weighted by Gasteiger charge is 2.22. The highest BCUT2D eigenvalue weighted by atomic mass is 35.5. The minimum atomic E-state index is 0.787. The van der Waals surface area contributed by atoms with E-state index in [0.29, 0.717) is 0 Å². The van der Waals surface area contributed by atoms with Crippen LogP contribution in [0.15, 0.2) is 24.3 Å². The van der Waals surface area contributed by atoms with E-state index in [4.69, 9.17) is 11.6 Å². The van der Waals surface area contributed by atoms with E-state index >= 15 is 0 Å². The number of benzene rings is 1. The van der Waals surface area contributed by atoms with Gasteiger partial charge in [0.05, 0.1) is 0 Å². The molecular weight excluding hydrogens is 218 g/mol. The van der Waals surface area contributed by atoms with Crippen molar-refractivity contribution in [2.45, 2.75) is 26.7 Å². The summed E-state index contributed by atoms with van der Waals surface area (Å²) >= 11 is 5.91. The summed E-state index contributed by atoms with van der Waals surface area (Å²) in [5.41, 5.74) is 1.31. The van der Waals surface area contributed by atoms with Crippen LogP contribution in [-0.4, -0.2) is 13.1 Å². The molecule has 0 radical (unpaired) electrons. The predicted molar refractivity (Wildman–Crippen MR) is 71.2 cm³/mol. The molecule has 0 aromatic heterocycles. The van der Waals surface area contributed by atoms with Gasteiger partial charge in [-0.2, -0.15) is 0 Å². The van der Waals surface area contributed by atoms with Crippen LogP contribution in [0, 0.1) is 11.8 Å². The third-order valence-electron chi connectivity index (χ3n) is 3.59. The van der Waals surface area contributed by atoms with Crippen LogP contribution in [0.4, 0.5) is 5.69 Å². The van der Waals surface area contributed by atoms with Gasteiger partial charge in [0.15, 0.2) is 0 Å². The molecule has 1 aliphatic heterocycles. The lowest BCUT2D eigenvalue weighted by atomic mass is 9.88. The Bertz CT molecular complexity index is 331. The van der Waals surface area contributed by atoms with E-state index in [-0.39, 0.29) is 0 Å². The molecule has 0 aliphatic carbocycles. The maximum Gasteiger partial charge on any atom is 0.0407 e. The molecule has 1 nitrogen and oxygen atoms in total. The Hall–Kier alpha value is -0.690. The number of hydrogen-bond donors (Lipinski definition) is 0. The molecule has 0 saturated carbocycles. The van der Waals surface area contributed by atoms with E-state index in [1.54, 1.807) is 0 Å². The smallest absolute Gasteiger partial charge is 0.0407 e. The molecule has 1 aromatic rings. The summed E-state index contributed by atoms with van der Waals surface area (Å²) < 4.78 is 0. The molecule has 1 saturated heterocycles. The van der Waals surface area contributed by atoms with Gasteiger partial charge < -0.3 is 4.90 Å². The van der Waals surface area contributed by atoms with Crippen LogP contribution in [0.2, 0.25) is 5.02 Å². The number of halogens is 1. The Kier molecular flexibility index (Phi) is 3.75. The van der Waals surface area contributed by atoms with Crippen LogP contribution < -0.4 is 4.90 Å². The summed E-state index contributed by atoms with van der Waals surface area (Å²) in [6.07, 6.45) is 2.69. The maximum atomic E-state index is 5.91. The predicted octanol–water partition coefficient (Wildman–Crippen LogP) is 4.21. The first kappa shape index (κ1) is 11.8. The summed E-state index contributed by atoms with van der Waals surface area (Å²) in [6, 6.07) is 8.22. The van der Waals surface area contributed by atoms with E-state index in [9.17, 15) is 0 Å². The first-order chi connectivity index (χ1) is 7.66. The van der Waals surface area contributed by atoms with Crippen molar-refractivity contribution in [2.24, 2.45) is 11.8 Å². The average Bonchev–Trinajstić information content (AvgIpc) is 2.30.